The monoisotopic (exact) mass is 411 g/mol. The van der Waals surface area contributed by atoms with E-state index in [-0.39, 0.29) is 17.0 Å². The Labute approximate surface area is 178 Å². The molecule has 0 bridgehead atoms. The highest BCUT2D eigenvalue weighted by Gasteiger charge is 2.17. The Hall–Kier alpha value is -4.19. The van der Waals surface area contributed by atoms with E-state index in [0.29, 0.717) is 27.7 Å². The first-order valence-corrected chi connectivity index (χ1v) is 9.75. The Morgan fingerprint density at radius 3 is 2.35 bits per heavy atom. The number of benzene rings is 3. The summed E-state index contributed by atoms with van der Waals surface area (Å²) in [6, 6.07) is 19.3. The van der Waals surface area contributed by atoms with E-state index in [1.54, 1.807) is 54.6 Å². The van der Waals surface area contributed by atoms with E-state index >= 15 is 0 Å². The number of carbonyl (C=O) groups excluding carboxylic acids is 1. The zero-order chi connectivity index (χ0) is 22.1. The van der Waals surface area contributed by atoms with Gasteiger partial charge in [-0.3, -0.25) is 14.6 Å². The molecule has 0 aliphatic carbocycles. The Balaban J connectivity index is 1.99. The van der Waals surface area contributed by atoms with Crippen molar-refractivity contribution in [3.8, 4) is 11.6 Å². The standard InChI is InChI=1S/C25H21N3O3/c1-15-11-12-17(13-16(15)2)28-24(30)19-8-4-3-7-18(19)21(25(28)31)14-27-22-10-6-5-9-20(22)23(26)29/h3-14,31H,1-2H3,(H2,26,29). The first-order chi connectivity index (χ1) is 14.9. The van der Waals surface area contributed by atoms with Gasteiger partial charge in [-0.15, -0.1) is 0 Å². The molecule has 3 aromatic carbocycles. The van der Waals surface area contributed by atoms with Gasteiger partial charge in [0, 0.05) is 17.0 Å². The topological polar surface area (TPSA) is 97.7 Å². The molecule has 6 heteroatoms. The average molecular weight is 411 g/mol. The third-order valence-corrected chi connectivity index (χ3v) is 5.35. The van der Waals surface area contributed by atoms with Crippen LogP contribution in [-0.4, -0.2) is 21.8 Å². The second-order valence-electron chi connectivity index (χ2n) is 7.33. The molecule has 0 radical (unpaired) electrons. The van der Waals surface area contributed by atoms with Gasteiger partial charge in [0.15, 0.2) is 0 Å². The number of aryl methyl sites for hydroxylation is 2. The summed E-state index contributed by atoms with van der Waals surface area (Å²) >= 11 is 0. The normalized spacial score (nSPS) is 11.3. The Bertz CT molecular complexity index is 1420. The van der Waals surface area contributed by atoms with Crippen molar-refractivity contribution in [2.75, 3.05) is 0 Å². The number of amides is 1. The van der Waals surface area contributed by atoms with Crippen LogP contribution in [0.5, 0.6) is 5.88 Å². The molecule has 0 saturated carbocycles. The van der Waals surface area contributed by atoms with E-state index in [4.69, 9.17) is 5.73 Å². The summed E-state index contributed by atoms with van der Waals surface area (Å²) in [4.78, 5) is 29.3. The molecule has 1 aromatic heterocycles. The molecule has 3 N–H and O–H groups in total. The summed E-state index contributed by atoms with van der Waals surface area (Å²) in [5.74, 6) is -0.825. The third kappa shape index (κ3) is 3.59. The fraction of sp³-hybridized carbons (Fsp3) is 0.0800. The van der Waals surface area contributed by atoms with E-state index in [1.807, 2.05) is 26.0 Å². The quantitative estimate of drug-likeness (QED) is 0.493. The number of fused-ring (bicyclic) bond motifs is 1. The van der Waals surface area contributed by atoms with Crippen molar-refractivity contribution in [1.82, 2.24) is 4.57 Å². The maximum atomic E-state index is 13.2. The smallest absolute Gasteiger partial charge is 0.265 e. The molecule has 0 aliphatic heterocycles. The zero-order valence-corrected chi connectivity index (χ0v) is 17.2. The number of rotatable bonds is 4. The minimum absolute atomic E-state index is 0.229. The van der Waals surface area contributed by atoms with Gasteiger partial charge >= 0.3 is 0 Å². The van der Waals surface area contributed by atoms with E-state index in [9.17, 15) is 14.7 Å². The molecular weight excluding hydrogens is 390 g/mol. The average Bonchev–Trinajstić information content (AvgIpc) is 2.76. The van der Waals surface area contributed by atoms with Crippen molar-refractivity contribution in [2.45, 2.75) is 13.8 Å². The molecular formula is C25H21N3O3. The number of nitrogens with two attached hydrogens (primary N) is 1. The first-order valence-electron chi connectivity index (χ1n) is 9.75. The molecule has 154 valence electrons. The fourth-order valence-corrected chi connectivity index (χ4v) is 3.52. The Kier molecular flexibility index (Phi) is 5.13. The van der Waals surface area contributed by atoms with Crippen LogP contribution < -0.4 is 11.3 Å². The van der Waals surface area contributed by atoms with Crippen LogP contribution in [0.3, 0.4) is 0 Å². The lowest BCUT2D eigenvalue weighted by Crippen LogP contribution is -2.20. The summed E-state index contributed by atoms with van der Waals surface area (Å²) in [6.45, 7) is 3.93. The van der Waals surface area contributed by atoms with Crippen LogP contribution in [0.4, 0.5) is 5.69 Å². The lowest BCUT2D eigenvalue weighted by Gasteiger charge is -2.15. The fourth-order valence-electron chi connectivity index (χ4n) is 3.52. The predicted octanol–water partition coefficient (Wildman–Crippen LogP) is 4.16. The van der Waals surface area contributed by atoms with Crippen LogP contribution in [-0.2, 0) is 0 Å². The van der Waals surface area contributed by atoms with E-state index < -0.39 is 5.91 Å². The molecule has 1 amide bonds. The molecule has 0 spiro atoms. The second-order valence-corrected chi connectivity index (χ2v) is 7.33. The highest BCUT2D eigenvalue weighted by Crippen LogP contribution is 2.28. The third-order valence-electron chi connectivity index (χ3n) is 5.35. The van der Waals surface area contributed by atoms with Crippen LogP contribution in [0.1, 0.15) is 27.0 Å². The highest BCUT2D eigenvalue weighted by molar-refractivity contribution is 6.04. The summed E-state index contributed by atoms with van der Waals surface area (Å²) in [5.41, 5.74) is 8.78. The van der Waals surface area contributed by atoms with Crippen molar-refractivity contribution in [3.63, 3.8) is 0 Å². The Morgan fingerprint density at radius 2 is 1.65 bits per heavy atom. The second kappa shape index (κ2) is 7.91. The van der Waals surface area contributed by atoms with Gasteiger partial charge in [-0.2, -0.15) is 0 Å². The maximum absolute atomic E-state index is 13.2. The predicted molar refractivity (Wildman–Crippen MR) is 123 cm³/mol. The number of carbonyl (C=O) groups is 1. The number of para-hydroxylation sites is 1. The molecule has 6 nitrogen and oxygen atoms in total. The number of aromatic hydroxyl groups is 1. The van der Waals surface area contributed by atoms with Crippen molar-refractivity contribution < 1.29 is 9.90 Å². The number of nitrogens with zero attached hydrogens (tertiary/aromatic N) is 2. The van der Waals surface area contributed by atoms with E-state index in [2.05, 4.69) is 4.99 Å². The summed E-state index contributed by atoms with van der Waals surface area (Å²) in [6.07, 6.45) is 1.45. The number of hydrogen-bond donors (Lipinski definition) is 2. The number of primary amides is 1. The van der Waals surface area contributed by atoms with E-state index in [0.717, 1.165) is 11.1 Å². The molecule has 0 unspecified atom stereocenters. The number of pyridine rings is 1. The van der Waals surface area contributed by atoms with Gasteiger partial charge < -0.3 is 10.8 Å². The van der Waals surface area contributed by atoms with Gasteiger partial charge in [-0.25, -0.2) is 4.57 Å². The molecule has 4 rings (SSSR count). The van der Waals surface area contributed by atoms with Gasteiger partial charge in [0.1, 0.15) is 0 Å². The molecule has 4 aromatic rings. The molecule has 0 fully saturated rings. The van der Waals surface area contributed by atoms with Gasteiger partial charge in [-0.05, 0) is 55.3 Å². The number of aliphatic imine (C=N–C) groups is 1. The first kappa shape index (κ1) is 20.1. The SMILES string of the molecule is Cc1ccc(-n2c(O)c(C=Nc3ccccc3C(N)=O)c3ccccc3c2=O)cc1C. The maximum Gasteiger partial charge on any atom is 0.265 e. The van der Waals surface area contributed by atoms with Crippen LogP contribution in [0.15, 0.2) is 76.5 Å². The van der Waals surface area contributed by atoms with Gasteiger partial charge in [0.05, 0.1) is 22.5 Å². The largest absolute Gasteiger partial charge is 0.494 e. The summed E-state index contributed by atoms with van der Waals surface area (Å²) in [7, 11) is 0. The van der Waals surface area contributed by atoms with Gasteiger partial charge in [0.2, 0.25) is 5.88 Å². The van der Waals surface area contributed by atoms with E-state index in [1.165, 1.54) is 10.8 Å². The van der Waals surface area contributed by atoms with Crippen LogP contribution in [0.2, 0.25) is 0 Å². The van der Waals surface area contributed by atoms with Crippen molar-refractivity contribution in [2.24, 2.45) is 10.7 Å². The molecule has 31 heavy (non-hydrogen) atoms. The van der Waals surface area contributed by atoms with Gasteiger partial charge in [-0.1, -0.05) is 36.4 Å². The van der Waals surface area contributed by atoms with Gasteiger partial charge in [0.25, 0.3) is 11.5 Å². The minimum Gasteiger partial charge on any atom is -0.494 e. The van der Waals surface area contributed by atoms with Crippen molar-refractivity contribution >= 4 is 28.6 Å². The van der Waals surface area contributed by atoms with Crippen molar-refractivity contribution in [1.29, 1.82) is 0 Å². The highest BCUT2D eigenvalue weighted by atomic mass is 16.3. The summed E-state index contributed by atoms with van der Waals surface area (Å²) < 4.78 is 1.27. The number of hydrogen-bond acceptors (Lipinski definition) is 4. The lowest BCUT2D eigenvalue weighted by molar-refractivity contribution is 0.100. The molecule has 0 atom stereocenters. The molecule has 0 aliphatic rings. The Morgan fingerprint density at radius 1 is 0.968 bits per heavy atom. The van der Waals surface area contributed by atoms with Crippen LogP contribution in [0.25, 0.3) is 16.5 Å². The number of aromatic nitrogens is 1. The molecule has 0 saturated heterocycles. The summed E-state index contributed by atoms with van der Waals surface area (Å²) in [5, 5.41) is 12.1. The minimum atomic E-state index is -0.595. The van der Waals surface area contributed by atoms with Crippen LogP contribution in [0, 0.1) is 13.8 Å². The zero-order valence-electron chi connectivity index (χ0n) is 17.2. The van der Waals surface area contributed by atoms with Crippen LogP contribution >= 0.6 is 0 Å². The van der Waals surface area contributed by atoms with Crippen molar-refractivity contribution in [3.05, 3.63) is 99.3 Å². The molecule has 1 heterocycles. The lowest BCUT2D eigenvalue weighted by atomic mass is 10.1.